The van der Waals surface area contributed by atoms with Gasteiger partial charge < -0.3 is 19.0 Å². The number of aryl methyl sites for hydroxylation is 3. The van der Waals surface area contributed by atoms with Crippen LogP contribution in [0.3, 0.4) is 0 Å². The van der Waals surface area contributed by atoms with Gasteiger partial charge in [-0.15, -0.1) is 8.78 Å². The van der Waals surface area contributed by atoms with Gasteiger partial charge in [0.15, 0.2) is 28.8 Å². The third kappa shape index (κ3) is 5.09. The van der Waals surface area contributed by atoms with Crippen molar-refractivity contribution in [3.05, 3.63) is 88.8 Å². The SMILES string of the molecule is Cc1nc(-c2ccc3c(c2)OC(F)(F)O3)c(-c2cc(-c3cc(C)c(CO)c(F)c3)ccc2-n2nc(C(F)(F)F)cc2C)o1. The molecule has 7 nitrogen and oxygen atoms in total. The van der Waals surface area contributed by atoms with Crippen molar-refractivity contribution in [2.75, 3.05) is 0 Å². The number of nitrogens with zero attached hydrogens (tertiary/aromatic N) is 3. The molecule has 0 bridgehead atoms. The highest BCUT2D eigenvalue weighted by atomic mass is 19.4. The van der Waals surface area contributed by atoms with Gasteiger partial charge in [-0.3, -0.25) is 0 Å². The molecule has 43 heavy (non-hydrogen) atoms. The maximum absolute atomic E-state index is 14.8. The summed E-state index contributed by atoms with van der Waals surface area (Å²) in [4.78, 5) is 4.43. The molecule has 0 unspecified atom stereocenters. The van der Waals surface area contributed by atoms with E-state index in [1.54, 1.807) is 32.0 Å². The van der Waals surface area contributed by atoms with Crippen molar-refractivity contribution in [1.29, 1.82) is 0 Å². The van der Waals surface area contributed by atoms with E-state index in [0.717, 1.165) is 10.7 Å². The average molecular weight is 602 g/mol. The zero-order valence-corrected chi connectivity index (χ0v) is 22.7. The summed E-state index contributed by atoms with van der Waals surface area (Å²) in [5.74, 6) is -0.793. The normalized spacial score (nSPS) is 14.0. The summed E-state index contributed by atoms with van der Waals surface area (Å²) in [6, 6.07) is 12.5. The molecule has 1 aliphatic rings. The number of alkyl halides is 5. The van der Waals surface area contributed by atoms with E-state index >= 15 is 0 Å². The Labute approximate surface area is 239 Å². The van der Waals surface area contributed by atoms with Crippen molar-refractivity contribution in [3.8, 4) is 50.9 Å². The van der Waals surface area contributed by atoms with Gasteiger partial charge in [0.25, 0.3) is 0 Å². The lowest BCUT2D eigenvalue weighted by Crippen LogP contribution is -2.25. The van der Waals surface area contributed by atoms with Gasteiger partial charge in [0, 0.05) is 29.3 Å². The van der Waals surface area contributed by atoms with Crippen molar-refractivity contribution in [2.24, 2.45) is 0 Å². The largest absolute Gasteiger partial charge is 0.586 e. The highest BCUT2D eigenvalue weighted by Crippen LogP contribution is 2.45. The topological polar surface area (TPSA) is 82.5 Å². The fourth-order valence-electron chi connectivity index (χ4n) is 4.98. The first-order chi connectivity index (χ1) is 20.2. The molecule has 0 atom stereocenters. The summed E-state index contributed by atoms with van der Waals surface area (Å²) in [6.45, 7) is 4.15. The Morgan fingerprint density at radius 3 is 2.28 bits per heavy atom. The highest BCUT2D eigenvalue weighted by Gasteiger charge is 2.43. The Hall–Kier alpha value is -4.78. The van der Waals surface area contributed by atoms with Gasteiger partial charge in [0.1, 0.15) is 11.5 Å². The van der Waals surface area contributed by atoms with Crippen molar-refractivity contribution in [2.45, 2.75) is 39.8 Å². The minimum Gasteiger partial charge on any atom is -0.440 e. The second-order valence-corrected chi connectivity index (χ2v) is 9.96. The van der Waals surface area contributed by atoms with Crippen LogP contribution in [-0.4, -0.2) is 26.2 Å². The minimum absolute atomic E-state index is 0.0904. The van der Waals surface area contributed by atoms with Gasteiger partial charge >= 0.3 is 12.5 Å². The van der Waals surface area contributed by atoms with E-state index in [0.29, 0.717) is 22.3 Å². The number of ether oxygens (including phenoxy) is 2. The van der Waals surface area contributed by atoms with Gasteiger partial charge in [-0.2, -0.15) is 18.3 Å². The number of aromatic nitrogens is 3. The van der Waals surface area contributed by atoms with Crippen molar-refractivity contribution < 1.29 is 45.3 Å². The van der Waals surface area contributed by atoms with Gasteiger partial charge in [-0.05, 0) is 73.0 Å². The first-order valence-corrected chi connectivity index (χ1v) is 12.8. The standard InChI is InChI=1S/C30H21F6N3O4/c1-14-8-19(11-22(31)21(14)13-40)17-4-6-23(39-15(2)9-26(38-39)29(32,33)34)20(10-17)28-27(37-16(3)41-28)18-5-7-24-25(12-18)43-30(35,36)42-24/h4-12,40H,13H2,1-3H3. The molecule has 0 saturated carbocycles. The lowest BCUT2D eigenvalue weighted by molar-refractivity contribution is -0.286. The lowest BCUT2D eigenvalue weighted by atomic mass is 9.95. The number of oxazole rings is 1. The third-order valence-corrected chi connectivity index (χ3v) is 6.97. The first kappa shape index (κ1) is 28.3. The Bertz CT molecular complexity index is 1870. The molecular weight excluding hydrogens is 580 g/mol. The number of benzene rings is 3. The number of aliphatic hydroxyl groups excluding tert-OH is 1. The fourth-order valence-corrected chi connectivity index (χ4v) is 4.98. The van der Waals surface area contributed by atoms with Crippen LogP contribution in [0.4, 0.5) is 26.3 Å². The molecule has 6 rings (SSSR count). The van der Waals surface area contributed by atoms with Crippen molar-refractivity contribution in [3.63, 3.8) is 0 Å². The van der Waals surface area contributed by atoms with Crippen LogP contribution in [0.15, 0.2) is 59.0 Å². The monoisotopic (exact) mass is 601 g/mol. The summed E-state index contributed by atoms with van der Waals surface area (Å²) in [5, 5.41) is 13.3. The lowest BCUT2D eigenvalue weighted by Gasteiger charge is -2.15. The van der Waals surface area contributed by atoms with Crippen LogP contribution in [-0.2, 0) is 12.8 Å². The number of hydrogen-bond acceptors (Lipinski definition) is 6. The van der Waals surface area contributed by atoms with E-state index < -0.39 is 30.6 Å². The Kier molecular flexibility index (Phi) is 6.53. The molecule has 1 N–H and O–H groups in total. The molecule has 1 aliphatic heterocycles. The number of halogens is 6. The summed E-state index contributed by atoms with van der Waals surface area (Å²) in [5.41, 5.74) is 1.48. The quantitative estimate of drug-likeness (QED) is 0.208. The molecule has 3 heterocycles. The summed E-state index contributed by atoms with van der Waals surface area (Å²) < 4.78 is 99.0. The smallest absolute Gasteiger partial charge is 0.440 e. The number of aliphatic hydroxyl groups is 1. The Balaban J connectivity index is 1.57. The zero-order valence-electron chi connectivity index (χ0n) is 22.7. The maximum atomic E-state index is 14.8. The molecular formula is C30H21F6N3O4. The Morgan fingerprint density at radius 1 is 0.884 bits per heavy atom. The van der Waals surface area contributed by atoms with Gasteiger partial charge in [-0.1, -0.05) is 12.1 Å². The molecule has 0 radical (unpaired) electrons. The molecule has 5 aromatic rings. The van der Waals surface area contributed by atoms with Crippen LogP contribution in [0.5, 0.6) is 11.5 Å². The molecule has 0 spiro atoms. The molecule has 0 saturated heterocycles. The molecule has 0 fully saturated rings. The molecule has 222 valence electrons. The second-order valence-electron chi connectivity index (χ2n) is 9.96. The van der Waals surface area contributed by atoms with Crippen molar-refractivity contribution in [1.82, 2.24) is 14.8 Å². The number of fused-ring (bicyclic) bond motifs is 1. The molecule has 13 heteroatoms. The van der Waals surface area contributed by atoms with Gasteiger partial charge in [0.05, 0.1) is 12.3 Å². The zero-order chi connectivity index (χ0) is 30.8. The van der Waals surface area contributed by atoms with E-state index in [-0.39, 0.29) is 51.4 Å². The minimum atomic E-state index is -4.71. The van der Waals surface area contributed by atoms with E-state index in [1.165, 1.54) is 37.3 Å². The maximum Gasteiger partial charge on any atom is 0.586 e. The average Bonchev–Trinajstić information content (AvgIpc) is 3.60. The van der Waals surface area contributed by atoms with E-state index in [1.807, 2.05) is 0 Å². The van der Waals surface area contributed by atoms with Gasteiger partial charge in [0.2, 0.25) is 0 Å². The predicted molar refractivity (Wildman–Crippen MR) is 141 cm³/mol. The predicted octanol–water partition coefficient (Wildman–Crippen LogP) is 7.76. The fraction of sp³-hybridized carbons (Fsp3) is 0.200. The highest BCUT2D eigenvalue weighted by molar-refractivity contribution is 5.85. The summed E-state index contributed by atoms with van der Waals surface area (Å²) in [6.07, 6.45) is -8.56. The van der Waals surface area contributed by atoms with Crippen LogP contribution in [0.25, 0.3) is 39.4 Å². The van der Waals surface area contributed by atoms with E-state index in [2.05, 4.69) is 19.6 Å². The summed E-state index contributed by atoms with van der Waals surface area (Å²) in [7, 11) is 0. The van der Waals surface area contributed by atoms with Crippen molar-refractivity contribution >= 4 is 0 Å². The third-order valence-electron chi connectivity index (χ3n) is 6.97. The second kappa shape index (κ2) is 9.90. The van der Waals surface area contributed by atoms with Crippen LogP contribution < -0.4 is 9.47 Å². The van der Waals surface area contributed by atoms with Crippen LogP contribution >= 0.6 is 0 Å². The van der Waals surface area contributed by atoms with E-state index in [4.69, 9.17) is 4.42 Å². The van der Waals surface area contributed by atoms with Crippen LogP contribution in [0.1, 0.15) is 28.4 Å². The number of hydrogen-bond donors (Lipinski definition) is 1. The van der Waals surface area contributed by atoms with E-state index in [9.17, 15) is 31.4 Å². The molecule has 2 aromatic heterocycles. The van der Waals surface area contributed by atoms with Crippen LogP contribution in [0.2, 0.25) is 0 Å². The van der Waals surface area contributed by atoms with Gasteiger partial charge in [-0.25, -0.2) is 14.1 Å². The number of rotatable bonds is 5. The molecule has 0 aliphatic carbocycles. The molecule has 3 aromatic carbocycles. The summed E-state index contributed by atoms with van der Waals surface area (Å²) >= 11 is 0. The molecule has 0 amide bonds. The van der Waals surface area contributed by atoms with Crippen LogP contribution in [0, 0.1) is 26.6 Å². The first-order valence-electron chi connectivity index (χ1n) is 12.8. The Morgan fingerprint density at radius 2 is 1.60 bits per heavy atom.